The van der Waals surface area contributed by atoms with Crippen molar-refractivity contribution in [2.75, 3.05) is 6.54 Å². The first-order valence-corrected chi connectivity index (χ1v) is 8.70. The third kappa shape index (κ3) is 2.88. The van der Waals surface area contributed by atoms with Crippen LogP contribution in [0.1, 0.15) is 50.2 Å². The van der Waals surface area contributed by atoms with E-state index in [-0.39, 0.29) is 11.2 Å². The topological polar surface area (TPSA) is 75.4 Å². The molecule has 2 N–H and O–H groups in total. The molecule has 23 heavy (non-hydrogen) atoms. The highest BCUT2D eigenvalue weighted by Crippen LogP contribution is 2.55. The highest BCUT2D eigenvalue weighted by atomic mass is 16.6. The fourth-order valence-electron chi connectivity index (χ4n) is 5.58. The minimum atomic E-state index is -0.608. The third-order valence-electron chi connectivity index (χ3n) is 6.20. The number of non-ortho nitro benzene ring substituents is 1. The van der Waals surface area contributed by atoms with Crippen molar-refractivity contribution in [3.63, 3.8) is 0 Å². The summed E-state index contributed by atoms with van der Waals surface area (Å²) in [6, 6.07) is 6.24. The molecule has 0 amide bonds. The van der Waals surface area contributed by atoms with Gasteiger partial charge in [-0.05, 0) is 74.0 Å². The lowest BCUT2D eigenvalue weighted by Gasteiger charge is -2.57. The van der Waals surface area contributed by atoms with Crippen LogP contribution in [0.15, 0.2) is 24.3 Å². The second kappa shape index (κ2) is 5.56. The highest BCUT2D eigenvalue weighted by molar-refractivity contribution is 5.33. The van der Waals surface area contributed by atoms with Gasteiger partial charge in [-0.2, -0.15) is 0 Å². The van der Waals surface area contributed by atoms with E-state index < -0.39 is 11.0 Å². The summed E-state index contributed by atoms with van der Waals surface area (Å²) in [7, 11) is 0. The average Bonchev–Trinajstić information content (AvgIpc) is 2.51. The summed E-state index contributed by atoms with van der Waals surface area (Å²) in [5, 5.41) is 24.8. The largest absolute Gasteiger partial charge is 0.387 e. The van der Waals surface area contributed by atoms with E-state index in [2.05, 4.69) is 5.32 Å². The van der Waals surface area contributed by atoms with E-state index in [4.69, 9.17) is 0 Å². The molecule has 124 valence electrons. The van der Waals surface area contributed by atoms with E-state index in [0.717, 1.165) is 23.3 Å². The summed E-state index contributed by atoms with van der Waals surface area (Å²) in [4.78, 5) is 10.3. The van der Waals surface area contributed by atoms with Crippen LogP contribution in [0.3, 0.4) is 0 Å². The zero-order valence-corrected chi connectivity index (χ0v) is 13.3. The van der Waals surface area contributed by atoms with Crippen LogP contribution in [-0.4, -0.2) is 22.1 Å². The molecule has 0 radical (unpaired) electrons. The molecule has 0 aromatic heterocycles. The fraction of sp³-hybridized carbons (Fsp3) is 0.667. The first-order chi connectivity index (χ1) is 11.0. The van der Waals surface area contributed by atoms with Crippen molar-refractivity contribution in [3.05, 3.63) is 39.9 Å². The minimum absolute atomic E-state index is 0.0648. The molecule has 5 heteroatoms. The van der Waals surface area contributed by atoms with E-state index >= 15 is 0 Å². The van der Waals surface area contributed by atoms with Gasteiger partial charge in [0.25, 0.3) is 5.69 Å². The van der Waals surface area contributed by atoms with Gasteiger partial charge in [0.05, 0.1) is 11.0 Å². The van der Waals surface area contributed by atoms with Crippen molar-refractivity contribution < 1.29 is 10.0 Å². The van der Waals surface area contributed by atoms with Gasteiger partial charge < -0.3 is 10.4 Å². The Kier molecular flexibility index (Phi) is 3.65. The number of benzene rings is 1. The molecule has 0 aliphatic heterocycles. The zero-order valence-electron chi connectivity index (χ0n) is 13.3. The van der Waals surface area contributed by atoms with Crippen molar-refractivity contribution in [2.24, 2.45) is 17.8 Å². The molecule has 4 bridgehead atoms. The van der Waals surface area contributed by atoms with Crippen LogP contribution in [0.2, 0.25) is 0 Å². The van der Waals surface area contributed by atoms with E-state index in [1.165, 1.54) is 50.7 Å². The molecule has 1 atom stereocenters. The number of aliphatic hydroxyl groups is 1. The van der Waals surface area contributed by atoms with Crippen LogP contribution in [0.4, 0.5) is 5.69 Å². The van der Waals surface area contributed by atoms with Gasteiger partial charge >= 0.3 is 0 Å². The molecule has 5 nitrogen and oxygen atoms in total. The molecular weight excluding hydrogens is 292 g/mol. The number of aliphatic hydroxyl groups excluding tert-OH is 1. The third-order valence-corrected chi connectivity index (χ3v) is 6.20. The number of nitrogens with zero attached hydrogens (tertiary/aromatic N) is 1. The summed E-state index contributed by atoms with van der Waals surface area (Å²) in [6.45, 7) is 0.532. The Morgan fingerprint density at radius 2 is 1.65 bits per heavy atom. The summed E-state index contributed by atoms with van der Waals surface area (Å²) < 4.78 is 0. The standard InChI is InChI=1S/C18H24N2O3/c21-17(15-1-3-16(4-2-15)20(22)23)11-19-18-8-12-5-13(9-18)7-14(6-12)10-18/h1-4,12-14,17,19,21H,5-11H2/t12?,13?,14?,17-,18?/m0/s1. The molecule has 0 heterocycles. The Bertz CT molecular complexity index is 564. The maximum absolute atomic E-state index is 10.7. The van der Waals surface area contributed by atoms with Crippen molar-refractivity contribution >= 4 is 5.69 Å². The van der Waals surface area contributed by atoms with Gasteiger partial charge in [0.1, 0.15) is 0 Å². The van der Waals surface area contributed by atoms with Crippen molar-refractivity contribution in [2.45, 2.75) is 50.2 Å². The summed E-state index contributed by atoms with van der Waals surface area (Å²) in [5.74, 6) is 2.64. The molecule has 1 aromatic carbocycles. The van der Waals surface area contributed by atoms with Crippen LogP contribution in [0.5, 0.6) is 0 Å². The molecule has 4 fully saturated rings. The monoisotopic (exact) mass is 316 g/mol. The lowest BCUT2D eigenvalue weighted by molar-refractivity contribution is -0.384. The van der Waals surface area contributed by atoms with Crippen LogP contribution in [-0.2, 0) is 0 Å². The van der Waals surface area contributed by atoms with E-state index in [1.54, 1.807) is 12.1 Å². The summed E-state index contributed by atoms with van der Waals surface area (Å²) in [6.07, 6.45) is 7.39. The van der Waals surface area contributed by atoms with Crippen LogP contribution < -0.4 is 5.32 Å². The van der Waals surface area contributed by atoms with Crippen LogP contribution in [0, 0.1) is 27.9 Å². The zero-order chi connectivity index (χ0) is 16.0. The summed E-state index contributed by atoms with van der Waals surface area (Å²) in [5.41, 5.74) is 1.04. The van der Waals surface area contributed by atoms with Gasteiger partial charge in [-0.15, -0.1) is 0 Å². The normalized spacial score (nSPS) is 36.1. The predicted octanol–water partition coefficient (Wildman–Crippen LogP) is 3.19. The maximum Gasteiger partial charge on any atom is 0.269 e. The van der Waals surface area contributed by atoms with Crippen LogP contribution in [0.25, 0.3) is 0 Å². The number of hydrogen-bond donors (Lipinski definition) is 2. The Balaban J connectivity index is 1.39. The van der Waals surface area contributed by atoms with Gasteiger partial charge in [0.15, 0.2) is 0 Å². The lowest BCUT2D eigenvalue weighted by Crippen LogP contribution is -2.59. The number of nitro groups is 1. The number of nitrogens with one attached hydrogen (secondary N) is 1. The highest BCUT2D eigenvalue weighted by Gasteiger charge is 2.50. The first kappa shape index (κ1) is 15.1. The molecule has 4 aliphatic carbocycles. The number of nitro benzene ring substituents is 1. The van der Waals surface area contributed by atoms with Gasteiger partial charge in [-0.1, -0.05) is 0 Å². The van der Waals surface area contributed by atoms with Crippen molar-refractivity contribution in [1.82, 2.24) is 5.32 Å². The Morgan fingerprint density at radius 3 is 2.13 bits per heavy atom. The second-order valence-corrected chi connectivity index (χ2v) is 7.94. The van der Waals surface area contributed by atoms with E-state index in [0.29, 0.717) is 6.54 Å². The Labute approximate surface area is 136 Å². The van der Waals surface area contributed by atoms with Gasteiger partial charge in [0, 0.05) is 24.2 Å². The lowest BCUT2D eigenvalue weighted by atomic mass is 9.53. The molecule has 1 aromatic rings. The predicted molar refractivity (Wildman–Crippen MR) is 87.0 cm³/mol. The average molecular weight is 316 g/mol. The number of rotatable bonds is 5. The van der Waals surface area contributed by atoms with E-state index in [1.807, 2.05) is 0 Å². The van der Waals surface area contributed by atoms with E-state index in [9.17, 15) is 15.2 Å². The molecule has 5 rings (SSSR count). The molecule has 0 saturated heterocycles. The van der Waals surface area contributed by atoms with Gasteiger partial charge in [-0.3, -0.25) is 10.1 Å². The quantitative estimate of drug-likeness (QED) is 0.646. The maximum atomic E-state index is 10.7. The van der Waals surface area contributed by atoms with Crippen molar-refractivity contribution in [3.8, 4) is 0 Å². The molecule has 4 saturated carbocycles. The Hall–Kier alpha value is -1.46. The fourth-order valence-corrected chi connectivity index (χ4v) is 5.58. The molecule has 0 unspecified atom stereocenters. The molecule has 4 aliphatic rings. The summed E-state index contributed by atoms with van der Waals surface area (Å²) >= 11 is 0. The molecule has 0 spiro atoms. The minimum Gasteiger partial charge on any atom is -0.387 e. The van der Waals surface area contributed by atoms with Gasteiger partial charge in [-0.25, -0.2) is 0 Å². The SMILES string of the molecule is O=[N+]([O-])c1ccc([C@@H](O)CNC23CC4CC(CC(C4)C2)C3)cc1. The molecular formula is C18H24N2O3. The number of β-amino-alcohol motifs (C(OH)–C–C–N with tert-alkyl or cyclic N) is 1. The van der Waals surface area contributed by atoms with Crippen molar-refractivity contribution in [1.29, 1.82) is 0 Å². The first-order valence-electron chi connectivity index (χ1n) is 8.70. The smallest absolute Gasteiger partial charge is 0.269 e. The van der Waals surface area contributed by atoms with Gasteiger partial charge in [0.2, 0.25) is 0 Å². The second-order valence-electron chi connectivity index (χ2n) is 7.94. The van der Waals surface area contributed by atoms with Crippen LogP contribution >= 0.6 is 0 Å². The number of hydrogen-bond acceptors (Lipinski definition) is 4. The Morgan fingerprint density at radius 1 is 1.13 bits per heavy atom.